The molecule has 7 atom stereocenters. The number of ketones is 1. The van der Waals surface area contributed by atoms with Crippen molar-refractivity contribution in [2.75, 3.05) is 6.61 Å². The molecule has 1 heterocycles. The normalized spacial score (nSPS) is 49.2. The Hall–Kier alpha value is -1.62. The summed E-state index contributed by atoms with van der Waals surface area (Å²) in [6, 6.07) is 0. The molecule has 0 bridgehead atoms. The zero-order valence-electron chi connectivity index (χ0n) is 17.9. The maximum atomic E-state index is 12.1. The van der Waals surface area contributed by atoms with E-state index in [1.807, 2.05) is 6.08 Å². The van der Waals surface area contributed by atoms with Crippen LogP contribution in [0.1, 0.15) is 66.2 Å². The van der Waals surface area contributed by atoms with E-state index in [-0.39, 0.29) is 52.6 Å². The van der Waals surface area contributed by atoms with Gasteiger partial charge in [-0.2, -0.15) is 0 Å². The lowest BCUT2D eigenvalue weighted by molar-refractivity contribution is -0.140. The molecule has 4 fully saturated rings. The van der Waals surface area contributed by atoms with E-state index in [4.69, 9.17) is 9.47 Å². The summed E-state index contributed by atoms with van der Waals surface area (Å²) in [6.07, 6.45) is 7.56. The lowest BCUT2D eigenvalue weighted by atomic mass is 9.47. The highest BCUT2D eigenvalue weighted by Crippen LogP contribution is 2.76. The minimum Gasteiger partial charge on any atom is -0.509 e. The van der Waals surface area contributed by atoms with Gasteiger partial charge in [-0.05, 0) is 66.9 Å². The van der Waals surface area contributed by atoms with Crippen molar-refractivity contribution in [3.05, 3.63) is 23.0 Å². The zero-order chi connectivity index (χ0) is 20.8. The highest BCUT2D eigenvalue weighted by atomic mass is 16.6. The Labute approximate surface area is 172 Å². The Morgan fingerprint density at radius 2 is 2.07 bits per heavy atom. The van der Waals surface area contributed by atoms with Gasteiger partial charge in [0.2, 0.25) is 0 Å². The molecule has 0 unspecified atom stereocenters. The van der Waals surface area contributed by atoms with Crippen molar-refractivity contribution < 1.29 is 24.2 Å². The number of aliphatic hydroxyl groups is 1. The second kappa shape index (κ2) is 5.96. The van der Waals surface area contributed by atoms with Gasteiger partial charge in [-0.1, -0.05) is 26.3 Å². The molecule has 0 aromatic heterocycles. The van der Waals surface area contributed by atoms with Crippen LogP contribution in [0, 0.1) is 28.6 Å². The number of esters is 1. The Morgan fingerprint density at radius 1 is 1.31 bits per heavy atom. The molecule has 0 aromatic carbocycles. The van der Waals surface area contributed by atoms with Crippen LogP contribution in [0.2, 0.25) is 0 Å². The predicted molar refractivity (Wildman–Crippen MR) is 107 cm³/mol. The first-order valence-electron chi connectivity index (χ1n) is 11.1. The number of hydrogen-bond donors (Lipinski definition) is 1. The lowest BCUT2D eigenvalue weighted by Crippen LogP contribution is -2.56. The molecular formula is C24H32O5. The molecule has 1 aliphatic heterocycles. The molecule has 1 saturated heterocycles. The molecule has 4 aliphatic carbocycles. The van der Waals surface area contributed by atoms with Crippen molar-refractivity contribution in [2.24, 2.45) is 28.6 Å². The Kier molecular flexibility index (Phi) is 3.98. The lowest BCUT2D eigenvalue weighted by Gasteiger charge is -2.55. The first-order valence-corrected chi connectivity index (χ1v) is 11.1. The number of hydrogen-bond acceptors (Lipinski definition) is 5. The third kappa shape index (κ3) is 2.37. The van der Waals surface area contributed by atoms with Crippen LogP contribution in [0.25, 0.3) is 0 Å². The van der Waals surface area contributed by atoms with E-state index in [0.717, 1.165) is 37.7 Å². The molecule has 1 spiro atoms. The summed E-state index contributed by atoms with van der Waals surface area (Å²) < 4.78 is 11.7. The van der Waals surface area contributed by atoms with E-state index < -0.39 is 0 Å². The van der Waals surface area contributed by atoms with Crippen LogP contribution < -0.4 is 0 Å². The van der Waals surface area contributed by atoms with E-state index in [2.05, 4.69) is 20.8 Å². The summed E-state index contributed by atoms with van der Waals surface area (Å²) in [5, 5.41) is 10.8. The third-order valence-corrected chi connectivity index (χ3v) is 9.16. The van der Waals surface area contributed by atoms with Gasteiger partial charge < -0.3 is 14.6 Å². The number of epoxide rings is 1. The topological polar surface area (TPSA) is 76.1 Å². The SMILES string of the molecule is CC(=O)OCC(O)=C1[C@H](C)C[C@H]2[C@@H]3CCC4=CC(=O)CC[C@]4(C)[C@@]34O[C@H]4C[C@]12C. The third-order valence-electron chi connectivity index (χ3n) is 9.16. The average Bonchev–Trinajstić information content (AvgIpc) is 3.29. The fourth-order valence-corrected chi connectivity index (χ4v) is 8.03. The van der Waals surface area contributed by atoms with Crippen LogP contribution in [-0.4, -0.2) is 35.2 Å². The summed E-state index contributed by atoms with van der Waals surface area (Å²) in [5.41, 5.74) is 2.07. The zero-order valence-corrected chi connectivity index (χ0v) is 17.9. The van der Waals surface area contributed by atoms with Gasteiger partial charge in [-0.3, -0.25) is 9.59 Å². The summed E-state index contributed by atoms with van der Waals surface area (Å²) in [6.45, 7) is 8.14. The maximum absolute atomic E-state index is 12.1. The van der Waals surface area contributed by atoms with Crippen molar-refractivity contribution in [3.63, 3.8) is 0 Å². The van der Waals surface area contributed by atoms with Crippen molar-refractivity contribution in [2.45, 2.75) is 77.9 Å². The van der Waals surface area contributed by atoms with E-state index in [1.54, 1.807) is 0 Å². The molecule has 0 radical (unpaired) electrons. The number of rotatable bonds is 2. The second-order valence-corrected chi connectivity index (χ2v) is 10.5. The van der Waals surface area contributed by atoms with Crippen LogP contribution in [0.4, 0.5) is 0 Å². The highest BCUT2D eigenvalue weighted by Gasteiger charge is 2.79. The molecule has 5 rings (SSSR count). The molecule has 3 saturated carbocycles. The van der Waals surface area contributed by atoms with Crippen LogP contribution in [0.3, 0.4) is 0 Å². The molecule has 158 valence electrons. The van der Waals surface area contributed by atoms with Gasteiger partial charge in [-0.15, -0.1) is 0 Å². The minimum atomic E-state index is -0.371. The number of carbonyl (C=O) groups excluding carboxylic acids is 2. The molecular weight excluding hydrogens is 368 g/mol. The minimum absolute atomic E-state index is 0.0363. The number of ether oxygens (including phenoxy) is 2. The second-order valence-electron chi connectivity index (χ2n) is 10.5. The van der Waals surface area contributed by atoms with Crippen molar-refractivity contribution >= 4 is 11.8 Å². The molecule has 5 heteroatoms. The van der Waals surface area contributed by atoms with Gasteiger partial charge in [0.1, 0.15) is 18.0 Å². The van der Waals surface area contributed by atoms with Gasteiger partial charge >= 0.3 is 5.97 Å². The molecule has 5 aliphatic rings. The van der Waals surface area contributed by atoms with Crippen LogP contribution in [0.15, 0.2) is 23.0 Å². The molecule has 5 nitrogen and oxygen atoms in total. The number of aliphatic hydroxyl groups excluding tert-OH is 1. The van der Waals surface area contributed by atoms with Crippen LogP contribution in [-0.2, 0) is 19.1 Å². The van der Waals surface area contributed by atoms with E-state index >= 15 is 0 Å². The van der Waals surface area contributed by atoms with E-state index in [1.165, 1.54) is 12.5 Å². The number of carbonyl (C=O) groups is 2. The quantitative estimate of drug-likeness (QED) is 0.426. The van der Waals surface area contributed by atoms with Crippen molar-refractivity contribution in [1.82, 2.24) is 0 Å². The van der Waals surface area contributed by atoms with Crippen molar-refractivity contribution in [1.29, 1.82) is 0 Å². The monoisotopic (exact) mass is 400 g/mol. The first kappa shape index (κ1) is 19.3. The smallest absolute Gasteiger partial charge is 0.303 e. The Morgan fingerprint density at radius 3 is 2.79 bits per heavy atom. The van der Waals surface area contributed by atoms with E-state index in [9.17, 15) is 14.7 Å². The van der Waals surface area contributed by atoms with Crippen LogP contribution in [0.5, 0.6) is 0 Å². The highest BCUT2D eigenvalue weighted by molar-refractivity contribution is 5.91. The largest absolute Gasteiger partial charge is 0.509 e. The van der Waals surface area contributed by atoms with Crippen LogP contribution >= 0.6 is 0 Å². The van der Waals surface area contributed by atoms with Gasteiger partial charge in [0.25, 0.3) is 0 Å². The van der Waals surface area contributed by atoms with Gasteiger partial charge in [-0.25, -0.2) is 0 Å². The van der Waals surface area contributed by atoms with E-state index in [0.29, 0.717) is 18.3 Å². The summed E-state index contributed by atoms with van der Waals surface area (Å²) >= 11 is 0. The summed E-state index contributed by atoms with van der Waals surface area (Å²) in [5.74, 6) is 1.29. The first-order chi connectivity index (χ1) is 13.6. The van der Waals surface area contributed by atoms with Gasteiger partial charge in [0.15, 0.2) is 5.78 Å². The average molecular weight is 401 g/mol. The number of fused-ring (bicyclic) bond motifs is 3. The van der Waals surface area contributed by atoms with Gasteiger partial charge in [0.05, 0.1) is 6.10 Å². The maximum Gasteiger partial charge on any atom is 0.303 e. The van der Waals surface area contributed by atoms with Crippen molar-refractivity contribution in [3.8, 4) is 0 Å². The molecule has 0 aromatic rings. The molecule has 0 amide bonds. The fraction of sp³-hybridized carbons (Fsp3) is 0.750. The summed E-state index contributed by atoms with van der Waals surface area (Å²) in [7, 11) is 0. The predicted octanol–water partition coefficient (Wildman–Crippen LogP) is 4.27. The molecule has 1 N–H and O–H groups in total. The fourth-order valence-electron chi connectivity index (χ4n) is 8.03. The van der Waals surface area contributed by atoms with Gasteiger partial charge in [0, 0.05) is 18.8 Å². The molecule has 29 heavy (non-hydrogen) atoms. The Bertz CT molecular complexity index is 855. The standard InChI is InChI=1S/C24H32O5/c1-13-9-18-17-6-5-15-10-16(26)7-8-23(15,4)24(17)20(29-24)11-22(18,3)21(13)19(27)12-28-14(2)25/h10,13,17-18,20,27H,5-9,11-12H2,1-4H3/t13-,17+,18+,20+,22+,23+,24-/m1/s1. The Balaban J connectivity index is 1.52. The summed E-state index contributed by atoms with van der Waals surface area (Å²) in [4.78, 5) is 23.3. The number of allylic oxidation sites excluding steroid dienone is 1.